The minimum absolute atomic E-state index is 0.0456. The van der Waals surface area contributed by atoms with E-state index in [2.05, 4.69) is 20.8 Å². The quantitative estimate of drug-likeness (QED) is 0.533. The van der Waals surface area contributed by atoms with Gasteiger partial charge in [-0.3, -0.25) is 14.4 Å². The van der Waals surface area contributed by atoms with Crippen LogP contribution in [-0.2, 0) is 23.9 Å². The van der Waals surface area contributed by atoms with Crippen molar-refractivity contribution in [2.45, 2.75) is 98.0 Å². The number of ether oxygens (including phenoxy) is 2. The van der Waals surface area contributed by atoms with E-state index in [1.165, 1.54) is 20.0 Å². The van der Waals surface area contributed by atoms with E-state index in [-0.39, 0.29) is 28.9 Å². The van der Waals surface area contributed by atoms with Gasteiger partial charge >= 0.3 is 11.9 Å². The molecule has 4 rings (SSSR count). The molecule has 0 aromatic rings. The van der Waals surface area contributed by atoms with Crippen molar-refractivity contribution in [2.75, 3.05) is 7.11 Å². The smallest absolute Gasteiger partial charge is 0.305 e. The zero-order valence-corrected chi connectivity index (χ0v) is 20.7. The molecule has 0 radical (unpaired) electrons. The van der Waals surface area contributed by atoms with Gasteiger partial charge in [0.1, 0.15) is 11.9 Å². The van der Waals surface area contributed by atoms with E-state index >= 15 is 0 Å². The van der Waals surface area contributed by atoms with Gasteiger partial charge < -0.3 is 9.47 Å². The number of hydrogen-bond acceptors (Lipinski definition) is 5. The van der Waals surface area contributed by atoms with Gasteiger partial charge in [-0.25, -0.2) is 0 Å². The van der Waals surface area contributed by atoms with Crippen LogP contribution < -0.4 is 0 Å². The lowest BCUT2D eigenvalue weighted by atomic mass is 9.43. The zero-order valence-electron chi connectivity index (χ0n) is 20.7. The number of hydrogen-bond donors (Lipinski definition) is 0. The van der Waals surface area contributed by atoms with Gasteiger partial charge in [0.15, 0.2) is 0 Å². The minimum Gasteiger partial charge on any atom is -0.469 e. The van der Waals surface area contributed by atoms with Crippen molar-refractivity contribution in [1.29, 1.82) is 0 Å². The SMILES string of the molecule is COC(=O)CC[C@@H](C)[C@@H]1CC[C@@H]2[C@@H]3CC[C@@H]4CC(=O)CC[C@]4(C)[C@@H]3C[C@@H](OC(C)=O)[C@@]21C. The highest BCUT2D eigenvalue weighted by molar-refractivity contribution is 5.79. The van der Waals surface area contributed by atoms with Crippen LogP contribution in [0.3, 0.4) is 0 Å². The van der Waals surface area contributed by atoms with Crippen molar-refractivity contribution in [3.63, 3.8) is 0 Å². The Morgan fingerprint density at radius 3 is 2.56 bits per heavy atom. The molecule has 4 aliphatic rings. The first-order valence-electron chi connectivity index (χ1n) is 12.9. The number of ketones is 1. The second kappa shape index (κ2) is 8.76. The second-order valence-corrected chi connectivity index (χ2v) is 11.9. The lowest BCUT2D eigenvalue weighted by molar-refractivity contribution is -0.193. The average molecular weight is 447 g/mol. The molecule has 4 saturated carbocycles. The molecular formula is C27H42O5. The van der Waals surface area contributed by atoms with E-state index in [9.17, 15) is 14.4 Å². The zero-order chi connectivity index (χ0) is 23.3. The van der Waals surface area contributed by atoms with E-state index in [0.717, 1.165) is 38.5 Å². The fourth-order valence-electron chi connectivity index (χ4n) is 8.97. The third-order valence-electron chi connectivity index (χ3n) is 10.7. The summed E-state index contributed by atoms with van der Waals surface area (Å²) in [4.78, 5) is 36.2. The van der Waals surface area contributed by atoms with Crippen LogP contribution in [0.1, 0.15) is 91.9 Å². The van der Waals surface area contributed by atoms with E-state index in [4.69, 9.17) is 9.47 Å². The number of Topliss-reactive ketones (excluding diaryl/α,β-unsaturated/α-hetero) is 1. The van der Waals surface area contributed by atoms with Crippen LogP contribution in [0.4, 0.5) is 0 Å². The summed E-state index contributed by atoms with van der Waals surface area (Å²) >= 11 is 0. The summed E-state index contributed by atoms with van der Waals surface area (Å²) in [7, 11) is 1.45. The normalized spacial score (nSPS) is 44.1. The Kier molecular flexibility index (Phi) is 6.50. The Bertz CT molecular complexity index is 761. The summed E-state index contributed by atoms with van der Waals surface area (Å²) < 4.78 is 11.0. The maximum Gasteiger partial charge on any atom is 0.305 e. The fourth-order valence-corrected chi connectivity index (χ4v) is 8.97. The second-order valence-electron chi connectivity index (χ2n) is 11.9. The Morgan fingerprint density at radius 1 is 1.12 bits per heavy atom. The average Bonchev–Trinajstić information content (AvgIpc) is 3.11. The summed E-state index contributed by atoms with van der Waals surface area (Å²) in [6.45, 7) is 8.62. The summed E-state index contributed by atoms with van der Waals surface area (Å²) in [6.07, 6.45) is 9.27. The standard InChI is InChI=1S/C27H42O5/c1-16(6-11-25(30)31-5)21-9-10-22-20-8-7-18-14-19(29)12-13-26(18,3)23(20)15-24(27(21,22)4)32-17(2)28/h16,18,20-24H,6-15H2,1-5H3/t16-,18-,20+,21+,22-,23-,24-,26+,27-/m1/s1. The van der Waals surface area contributed by atoms with Crippen LogP contribution in [0.15, 0.2) is 0 Å². The number of fused-ring (bicyclic) bond motifs is 5. The first kappa shape index (κ1) is 23.8. The molecule has 0 heterocycles. The largest absolute Gasteiger partial charge is 0.469 e. The van der Waals surface area contributed by atoms with Gasteiger partial charge in [-0.1, -0.05) is 20.8 Å². The number of methoxy groups -OCH3 is 1. The van der Waals surface area contributed by atoms with Crippen molar-refractivity contribution in [1.82, 2.24) is 0 Å². The predicted molar refractivity (Wildman–Crippen MR) is 122 cm³/mol. The van der Waals surface area contributed by atoms with Crippen molar-refractivity contribution < 1.29 is 23.9 Å². The van der Waals surface area contributed by atoms with Crippen LogP contribution >= 0.6 is 0 Å². The fraction of sp³-hybridized carbons (Fsp3) is 0.889. The maximum absolute atomic E-state index is 12.2. The molecule has 4 fully saturated rings. The molecule has 0 bridgehead atoms. The molecule has 0 unspecified atom stereocenters. The number of rotatable bonds is 5. The van der Waals surface area contributed by atoms with Crippen LogP contribution in [0.25, 0.3) is 0 Å². The van der Waals surface area contributed by atoms with Crippen LogP contribution in [0.5, 0.6) is 0 Å². The van der Waals surface area contributed by atoms with Crippen molar-refractivity contribution >= 4 is 17.7 Å². The summed E-state index contributed by atoms with van der Waals surface area (Å²) in [5.74, 6) is 3.16. The van der Waals surface area contributed by atoms with Crippen molar-refractivity contribution in [3.8, 4) is 0 Å². The van der Waals surface area contributed by atoms with Gasteiger partial charge in [-0.05, 0) is 85.9 Å². The summed E-state index contributed by atoms with van der Waals surface area (Å²) in [6, 6.07) is 0. The van der Waals surface area contributed by atoms with Crippen LogP contribution in [-0.4, -0.2) is 30.9 Å². The molecule has 32 heavy (non-hydrogen) atoms. The lowest BCUT2D eigenvalue weighted by Crippen LogP contribution is -2.59. The Balaban J connectivity index is 1.62. The highest BCUT2D eigenvalue weighted by Gasteiger charge is 2.64. The first-order chi connectivity index (χ1) is 15.1. The van der Waals surface area contributed by atoms with E-state index in [1.807, 2.05) is 0 Å². The van der Waals surface area contributed by atoms with E-state index < -0.39 is 0 Å². The third kappa shape index (κ3) is 3.81. The van der Waals surface area contributed by atoms with Gasteiger partial charge in [-0.2, -0.15) is 0 Å². The molecule has 0 aromatic carbocycles. The molecule has 4 aliphatic carbocycles. The van der Waals surface area contributed by atoms with Gasteiger partial charge in [0.05, 0.1) is 7.11 Å². The third-order valence-corrected chi connectivity index (χ3v) is 10.7. The number of carbonyl (C=O) groups excluding carboxylic acids is 3. The predicted octanol–water partition coefficient (Wildman–Crippen LogP) is 5.35. The molecule has 180 valence electrons. The first-order valence-corrected chi connectivity index (χ1v) is 12.9. The molecule has 5 nitrogen and oxygen atoms in total. The number of esters is 2. The Morgan fingerprint density at radius 2 is 1.88 bits per heavy atom. The van der Waals surface area contributed by atoms with E-state index in [0.29, 0.717) is 54.1 Å². The van der Waals surface area contributed by atoms with Crippen LogP contribution in [0, 0.1) is 46.3 Å². The van der Waals surface area contributed by atoms with Gasteiger partial charge in [-0.15, -0.1) is 0 Å². The van der Waals surface area contributed by atoms with E-state index in [1.54, 1.807) is 6.92 Å². The van der Waals surface area contributed by atoms with Gasteiger partial charge in [0, 0.05) is 31.6 Å². The topological polar surface area (TPSA) is 69.7 Å². The van der Waals surface area contributed by atoms with Gasteiger partial charge in [0.2, 0.25) is 0 Å². The summed E-state index contributed by atoms with van der Waals surface area (Å²) in [5, 5.41) is 0. The monoisotopic (exact) mass is 446 g/mol. The Hall–Kier alpha value is -1.39. The van der Waals surface area contributed by atoms with Crippen molar-refractivity contribution in [2.24, 2.45) is 46.3 Å². The highest BCUT2D eigenvalue weighted by Crippen LogP contribution is 2.68. The molecule has 9 atom stereocenters. The molecule has 0 saturated heterocycles. The highest BCUT2D eigenvalue weighted by atomic mass is 16.5. The molecule has 0 aromatic heterocycles. The molecule has 0 aliphatic heterocycles. The molecule has 5 heteroatoms. The van der Waals surface area contributed by atoms with Crippen molar-refractivity contribution in [3.05, 3.63) is 0 Å². The van der Waals surface area contributed by atoms with Gasteiger partial charge in [0.25, 0.3) is 0 Å². The molecule has 0 N–H and O–H groups in total. The molecule has 0 spiro atoms. The lowest BCUT2D eigenvalue weighted by Gasteiger charge is -2.62. The van der Waals surface area contributed by atoms with Crippen LogP contribution in [0.2, 0.25) is 0 Å². The number of carbonyl (C=O) groups is 3. The molecule has 0 amide bonds. The Labute approximate surface area is 193 Å². The molecular weight excluding hydrogens is 404 g/mol. The minimum atomic E-state index is -0.183. The summed E-state index contributed by atoms with van der Waals surface area (Å²) in [5.41, 5.74) is 0.140. The maximum atomic E-state index is 12.2.